The molecular formula is C12H19FN2O2S. The highest BCUT2D eigenvalue weighted by atomic mass is 32.2. The van der Waals surface area contributed by atoms with E-state index in [9.17, 15) is 12.8 Å². The maximum absolute atomic E-state index is 13.3. The van der Waals surface area contributed by atoms with Gasteiger partial charge in [0.2, 0.25) is 10.0 Å². The van der Waals surface area contributed by atoms with Crippen LogP contribution < -0.4 is 9.21 Å². The van der Waals surface area contributed by atoms with Crippen molar-refractivity contribution in [2.45, 2.75) is 19.9 Å². The molecule has 0 unspecified atom stereocenters. The molecule has 0 amide bonds. The molecule has 18 heavy (non-hydrogen) atoms. The highest BCUT2D eigenvalue weighted by Crippen LogP contribution is 2.31. The third-order valence-electron chi connectivity index (χ3n) is 2.93. The molecule has 0 aromatic heterocycles. The molecule has 0 heterocycles. The monoisotopic (exact) mass is 274 g/mol. The second kappa shape index (κ2) is 5.14. The number of sulfonamides is 1. The van der Waals surface area contributed by atoms with E-state index in [1.165, 1.54) is 19.2 Å². The minimum absolute atomic E-state index is 0.183. The summed E-state index contributed by atoms with van der Waals surface area (Å²) in [4.78, 5) is 1.90. The second-order valence-corrected chi connectivity index (χ2v) is 6.58. The third kappa shape index (κ3) is 3.13. The minimum Gasteiger partial charge on any atom is -0.370 e. The molecule has 0 N–H and O–H groups in total. The van der Waals surface area contributed by atoms with Crippen molar-refractivity contribution in [3.8, 4) is 0 Å². The molecule has 1 aromatic carbocycles. The number of hydrogen-bond acceptors (Lipinski definition) is 3. The Morgan fingerprint density at radius 2 is 1.72 bits per heavy atom. The molecule has 0 aliphatic rings. The summed E-state index contributed by atoms with van der Waals surface area (Å²) in [7, 11) is -0.151. The Bertz CT molecular complexity index is 529. The Labute approximate surface area is 108 Å². The summed E-state index contributed by atoms with van der Waals surface area (Å²) in [5.74, 6) is -0.457. The predicted molar refractivity (Wildman–Crippen MR) is 73.2 cm³/mol. The first-order valence-electron chi connectivity index (χ1n) is 5.61. The zero-order valence-corrected chi connectivity index (χ0v) is 12.1. The Hall–Kier alpha value is -1.30. The Morgan fingerprint density at radius 1 is 1.17 bits per heavy atom. The van der Waals surface area contributed by atoms with Gasteiger partial charge in [0.1, 0.15) is 5.82 Å². The Morgan fingerprint density at radius 3 is 2.17 bits per heavy atom. The van der Waals surface area contributed by atoms with Gasteiger partial charge in [-0.3, -0.25) is 4.31 Å². The number of rotatable bonds is 4. The first kappa shape index (κ1) is 14.8. The van der Waals surface area contributed by atoms with Crippen molar-refractivity contribution in [2.24, 2.45) is 0 Å². The molecule has 0 radical (unpaired) electrons. The fourth-order valence-corrected chi connectivity index (χ4v) is 2.01. The lowest BCUT2D eigenvalue weighted by atomic mass is 10.2. The first-order valence-corrected chi connectivity index (χ1v) is 7.45. The molecule has 0 fully saturated rings. The molecule has 0 spiro atoms. The van der Waals surface area contributed by atoms with Crippen molar-refractivity contribution in [3.63, 3.8) is 0 Å². The third-order valence-corrected chi connectivity index (χ3v) is 4.12. The van der Waals surface area contributed by atoms with E-state index in [1.807, 2.05) is 25.8 Å². The second-order valence-electron chi connectivity index (χ2n) is 4.57. The van der Waals surface area contributed by atoms with Crippen molar-refractivity contribution in [3.05, 3.63) is 24.0 Å². The number of anilines is 2. The SMILES string of the molecule is CC(C)N(C)c1ccc(F)cc1N(C)S(C)(=O)=O. The van der Waals surface area contributed by atoms with E-state index < -0.39 is 15.8 Å². The van der Waals surface area contributed by atoms with Crippen LogP contribution in [0.25, 0.3) is 0 Å². The molecule has 0 atom stereocenters. The Balaban J connectivity index is 3.37. The highest BCUT2D eigenvalue weighted by Gasteiger charge is 2.19. The lowest BCUT2D eigenvalue weighted by Crippen LogP contribution is -2.31. The van der Waals surface area contributed by atoms with E-state index >= 15 is 0 Å². The summed E-state index contributed by atoms with van der Waals surface area (Å²) in [5.41, 5.74) is 1.02. The topological polar surface area (TPSA) is 40.6 Å². The molecule has 0 aliphatic carbocycles. The minimum atomic E-state index is -3.41. The van der Waals surface area contributed by atoms with Crippen LogP contribution in [0.2, 0.25) is 0 Å². The van der Waals surface area contributed by atoms with Crippen LogP contribution in [0.15, 0.2) is 18.2 Å². The van der Waals surface area contributed by atoms with Gasteiger partial charge in [-0.05, 0) is 26.0 Å². The van der Waals surface area contributed by atoms with Crippen LogP contribution in [0.3, 0.4) is 0 Å². The fraction of sp³-hybridized carbons (Fsp3) is 0.500. The van der Waals surface area contributed by atoms with Crippen LogP contribution in [0.5, 0.6) is 0 Å². The summed E-state index contributed by atoms with van der Waals surface area (Å²) in [6.45, 7) is 3.96. The zero-order valence-electron chi connectivity index (χ0n) is 11.3. The summed E-state index contributed by atoms with van der Waals surface area (Å²) in [6.07, 6.45) is 1.09. The summed E-state index contributed by atoms with van der Waals surface area (Å²) >= 11 is 0. The maximum atomic E-state index is 13.3. The van der Waals surface area contributed by atoms with Gasteiger partial charge in [-0.1, -0.05) is 0 Å². The first-order chi connectivity index (χ1) is 8.14. The smallest absolute Gasteiger partial charge is 0.232 e. The van der Waals surface area contributed by atoms with Gasteiger partial charge in [-0.15, -0.1) is 0 Å². The zero-order chi connectivity index (χ0) is 14.1. The summed E-state index contributed by atoms with van der Waals surface area (Å²) in [6, 6.07) is 4.33. The fourth-order valence-electron chi connectivity index (χ4n) is 1.50. The van der Waals surface area contributed by atoms with Gasteiger partial charge in [-0.25, -0.2) is 12.8 Å². The number of halogens is 1. The van der Waals surface area contributed by atoms with Gasteiger partial charge < -0.3 is 4.90 Å². The van der Waals surface area contributed by atoms with Crippen LogP contribution in [-0.4, -0.2) is 34.8 Å². The van der Waals surface area contributed by atoms with Crippen LogP contribution in [0, 0.1) is 5.82 Å². The molecule has 0 saturated heterocycles. The molecular weight excluding hydrogens is 255 g/mol. The molecule has 4 nitrogen and oxygen atoms in total. The molecule has 0 bridgehead atoms. The normalized spacial score (nSPS) is 11.7. The summed E-state index contributed by atoms with van der Waals surface area (Å²) < 4.78 is 37.6. The molecule has 0 aliphatic heterocycles. The summed E-state index contributed by atoms with van der Waals surface area (Å²) in [5, 5.41) is 0. The lowest BCUT2D eigenvalue weighted by Gasteiger charge is -2.29. The molecule has 1 rings (SSSR count). The van der Waals surface area contributed by atoms with E-state index in [0.717, 1.165) is 10.6 Å². The number of hydrogen-bond donors (Lipinski definition) is 0. The van der Waals surface area contributed by atoms with E-state index in [1.54, 1.807) is 6.07 Å². The standard InChI is InChI=1S/C12H19FN2O2S/c1-9(2)14(3)11-7-6-10(13)8-12(11)15(4)18(5,16)17/h6-9H,1-5H3. The molecule has 1 aromatic rings. The largest absolute Gasteiger partial charge is 0.370 e. The van der Waals surface area contributed by atoms with E-state index in [4.69, 9.17) is 0 Å². The van der Waals surface area contributed by atoms with Crippen molar-refractivity contribution < 1.29 is 12.8 Å². The number of benzene rings is 1. The number of nitrogens with zero attached hydrogens (tertiary/aromatic N) is 2. The van der Waals surface area contributed by atoms with Crippen LogP contribution in [0.1, 0.15) is 13.8 Å². The average molecular weight is 274 g/mol. The van der Waals surface area contributed by atoms with Crippen LogP contribution in [-0.2, 0) is 10.0 Å². The van der Waals surface area contributed by atoms with Gasteiger partial charge >= 0.3 is 0 Å². The van der Waals surface area contributed by atoms with Crippen molar-refractivity contribution in [2.75, 3.05) is 29.6 Å². The molecule has 6 heteroatoms. The van der Waals surface area contributed by atoms with E-state index in [0.29, 0.717) is 11.4 Å². The molecule has 0 saturated carbocycles. The van der Waals surface area contributed by atoms with E-state index in [-0.39, 0.29) is 6.04 Å². The highest BCUT2D eigenvalue weighted by molar-refractivity contribution is 7.92. The van der Waals surface area contributed by atoms with Crippen LogP contribution >= 0.6 is 0 Å². The van der Waals surface area contributed by atoms with Gasteiger partial charge in [0.05, 0.1) is 17.6 Å². The average Bonchev–Trinajstić information content (AvgIpc) is 2.25. The van der Waals surface area contributed by atoms with E-state index in [2.05, 4.69) is 0 Å². The Kier molecular flexibility index (Phi) is 4.21. The predicted octanol–water partition coefficient (Wildman–Crippen LogP) is 2.07. The quantitative estimate of drug-likeness (QED) is 0.844. The van der Waals surface area contributed by atoms with Crippen LogP contribution in [0.4, 0.5) is 15.8 Å². The lowest BCUT2D eigenvalue weighted by molar-refractivity contribution is 0.599. The maximum Gasteiger partial charge on any atom is 0.232 e. The van der Waals surface area contributed by atoms with Crippen molar-refractivity contribution in [1.29, 1.82) is 0 Å². The van der Waals surface area contributed by atoms with Crippen molar-refractivity contribution >= 4 is 21.4 Å². The van der Waals surface area contributed by atoms with Gasteiger partial charge in [0.25, 0.3) is 0 Å². The van der Waals surface area contributed by atoms with Gasteiger partial charge in [0.15, 0.2) is 0 Å². The van der Waals surface area contributed by atoms with Gasteiger partial charge in [0, 0.05) is 26.2 Å². The van der Waals surface area contributed by atoms with Gasteiger partial charge in [-0.2, -0.15) is 0 Å². The molecule has 102 valence electrons. The van der Waals surface area contributed by atoms with Crippen molar-refractivity contribution in [1.82, 2.24) is 0 Å².